The molecule has 1 aromatic heterocycles. The maximum atomic E-state index is 5.80. The normalized spacial score (nSPS) is 11.5. The molecular formula is C16H28N2O. The van der Waals surface area contributed by atoms with Gasteiger partial charge in [-0.15, -0.1) is 6.58 Å². The maximum absolute atomic E-state index is 5.80. The summed E-state index contributed by atoms with van der Waals surface area (Å²) >= 11 is 0. The number of rotatable bonds is 9. The zero-order valence-corrected chi connectivity index (χ0v) is 12.8. The highest BCUT2D eigenvalue weighted by Gasteiger charge is 2.13. The minimum Gasteiger partial charge on any atom is -0.465 e. The van der Waals surface area contributed by atoms with E-state index < -0.39 is 0 Å². The Kier molecular flexibility index (Phi) is 6.89. The molecule has 0 fully saturated rings. The molecule has 3 nitrogen and oxygen atoms in total. The van der Waals surface area contributed by atoms with Crippen LogP contribution in [-0.4, -0.2) is 24.0 Å². The first-order chi connectivity index (χ1) is 9.08. The molecule has 0 unspecified atom stereocenters. The minimum atomic E-state index is 0.508. The van der Waals surface area contributed by atoms with Crippen LogP contribution >= 0.6 is 0 Å². The minimum absolute atomic E-state index is 0.508. The molecule has 1 heterocycles. The van der Waals surface area contributed by atoms with Crippen LogP contribution in [0.4, 0.5) is 0 Å². The predicted molar refractivity (Wildman–Crippen MR) is 81.2 cm³/mol. The van der Waals surface area contributed by atoms with Crippen molar-refractivity contribution in [3.05, 3.63) is 35.8 Å². The van der Waals surface area contributed by atoms with Crippen molar-refractivity contribution in [1.82, 2.24) is 10.2 Å². The topological polar surface area (TPSA) is 28.4 Å². The maximum Gasteiger partial charge on any atom is 0.118 e. The fraction of sp³-hybridized carbons (Fsp3) is 0.625. The molecular weight excluding hydrogens is 236 g/mol. The van der Waals surface area contributed by atoms with Crippen molar-refractivity contribution in [3.63, 3.8) is 0 Å². The zero-order chi connectivity index (χ0) is 14.3. The molecule has 0 saturated carbocycles. The molecule has 1 rings (SSSR count). The van der Waals surface area contributed by atoms with E-state index in [1.165, 1.54) is 5.56 Å². The number of nitrogens with zero attached hydrogens (tertiary/aromatic N) is 1. The van der Waals surface area contributed by atoms with Crippen molar-refractivity contribution in [3.8, 4) is 0 Å². The van der Waals surface area contributed by atoms with Crippen LogP contribution in [0, 0.1) is 6.92 Å². The number of aryl methyl sites for hydroxylation is 1. The molecule has 0 bridgehead atoms. The van der Waals surface area contributed by atoms with E-state index in [0.29, 0.717) is 6.04 Å². The van der Waals surface area contributed by atoms with Crippen LogP contribution in [0.25, 0.3) is 0 Å². The standard InChI is InChI=1S/C16H28N2O/c1-6-8-17-11-16-10-15(14(5)19-16)12-18(9-7-2)13(3)4/h7,10,13,17H,2,6,8-9,11-12H2,1,3-5H3. The highest BCUT2D eigenvalue weighted by molar-refractivity contribution is 5.21. The van der Waals surface area contributed by atoms with E-state index >= 15 is 0 Å². The van der Waals surface area contributed by atoms with Crippen molar-refractivity contribution >= 4 is 0 Å². The Labute approximate surface area is 117 Å². The summed E-state index contributed by atoms with van der Waals surface area (Å²) < 4.78 is 5.80. The first kappa shape index (κ1) is 16.0. The van der Waals surface area contributed by atoms with Gasteiger partial charge in [0.05, 0.1) is 6.54 Å². The molecule has 0 aliphatic carbocycles. The van der Waals surface area contributed by atoms with Crippen LogP contribution in [0.1, 0.15) is 44.3 Å². The summed E-state index contributed by atoms with van der Waals surface area (Å²) in [5.41, 5.74) is 1.28. The Morgan fingerprint density at radius 3 is 2.79 bits per heavy atom. The largest absolute Gasteiger partial charge is 0.465 e. The predicted octanol–water partition coefficient (Wildman–Crippen LogP) is 3.48. The monoisotopic (exact) mass is 264 g/mol. The third-order valence-electron chi connectivity index (χ3n) is 3.26. The van der Waals surface area contributed by atoms with Crippen LogP contribution in [0.2, 0.25) is 0 Å². The van der Waals surface area contributed by atoms with Gasteiger partial charge in [-0.1, -0.05) is 13.0 Å². The van der Waals surface area contributed by atoms with Gasteiger partial charge in [0.25, 0.3) is 0 Å². The molecule has 0 atom stereocenters. The lowest BCUT2D eigenvalue weighted by Gasteiger charge is -2.24. The van der Waals surface area contributed by atoms with Gasteiger partial charge in [-0.3, -0.25) is 4.90 Å². The molecule has 0 aliphatic heterocycles. The van der Waals surface area contributed by atoms with Crippen LogP contribution < -0.4 is 5.32 Å². The first-order valence-electron chi connectivity index (χ1n) is 7.22. The van der Waals surface area contributed by atoms with E-state index in [1.807, 2.05) is 13.0 Å². The molecule has 0 saturated heterocycles. The van der Waals surface area contributed by atoms with Crippen molar-refractivity contribution < 1.29 is 4.42 Å². The quantitative estimate of drug-likeness (QED) is 0.547. The smallest absolute Gasteiger partial charge is 0.118 e. The van der Waals surface area contributed by atoms with E-state index in [4.69, 9.17) is 4.42 Å². The summed E-state index contributed by atoms with van der Waals surface area (Å²) in [7, 11) is 0. The third-order valence-corrected chi connectivity index (χ3v) is 3.26. The molecule has 0 radical (unpaired) electrons. The Bertz CT molecular complexity index is 382. The molecule has 1 aromatic rings. The highest BCUT2D eigenvalue weighted by atomic mass is 16.3. The Morgan fingerprint density at radius 1 is 1.47 bits per heavy atom. The molecule has 19 heavy (non-hydrogen) atoms. The van der Waals surface area contributed by atoms with E-state index in [-0.39, 0.29) is 0 Å². The van der Waals surface area contributed by atoms with Crippen molar-refractivity contribution in [2.45, 2.75) is 53.2 Å². The second-order valence-corrected chi connectivity index (χ2v) is 5.28. The van der Waals surface area contributed by atoms with Crippen LogP contribution in [0.3, 0.4) is 0 Å². The zero-order valence-electron chi connectivity index (χ0n) is 12.8. The number of furan rings is 1. The van der Waals surface area contributed by atoms with Crippen LogP contribution in [0.5, 0.6) is 0 Å². The van der Waals surface area contributed by atoms with Gasteiger partial charge in [0, 0.05) is 24.7 Å². The van der Waals surface area contributed by atoms with E-state index in [9.17, 15) is 0 Å². The number of hydrogen-bond acceptors (Lipinski definition) is 3. The summed E-state index contributed by atoms with van der Waals surface area (Å²) in [6, 6.07) is 2.69. The van der Waals surface area contributed by atoms with Gasteiger partial charge in [0.1, 0.15) is 11.5 Å². The third kappa shape index (κ3) is 5.21. The van der Waals surface area contributed by atoms with Gasteiger partial charge >= 0.3 is 0 Å². The molecule has 1 N–H and O–H groups in total. The lowest BCUT2D eigenvalue weighted by atomic mass is 10.2. The van der Waals surface area contributed by atoms with Crippen molar-refractivity contribution in [2.24, 2.45) is 0 Å². The number of hydrogen-bond donors (Lipinski definition) is 1. The summed E-state index contributed by atoms with van der Waals surface area (Å²) in [6.07, 6.45) is 3.10. The summed E-state index contributed by atoms with van der Waals surface area (Å²) in [5, 5.41) is 3.37. The summed E-state index contributed by atoms with van der Waals surface area (Å²) in [6.45, 7) is 16.1. The van der Waals surface area contributed by atoms with Crippen molar-refractivity contribution in [2.75, 3.05) is 13.1 Å². The molecule has 0 aromatic carbocycles. The van der Waals surface area contributed by atoms with Crippen LogP contribution in [-0.2, 0) is 13.1 Å². The average Bonchev–Trinajstić information content (AvgIpc) is 2.70. The molecule has 0 aliphatic rings. The summed E-state index contributed by atoms with van der Waals surface area (Å²) in [4.78, 5) is 2.38. The average molecular weight is 264 g/mol. The van der Waals surface area contributed by atoms with Gasteiger partial charge in [0.15, 0.2) is 0 Å². The van der Waals surface area contributed by atoms with Crippen molar-refractivity contribution in [1.29, 1.82) is 0 Å². The van der Waals surface area contributed by atoms with Gasteiger partial charge in [-0.05, 0) is 39.8 Å². The summed E-state index contributed by atoms with van der Waals surface area (Å²) in [5.74, 6) is 2.06. The van der Waals surface area contributed by atoms with Gasteiger partial charge < -0.3 is 9.73 Å². The molecule has 108 valence electrons. The number of nitrogens with one attached hydrogen (secondary N) is 1. The lowest BCUT2D eigenvalue weighted by Crippen LogP contribution is -2.30. The first-order valence-corrected chi connectivity index (χ1v) is 7.22. The molecule has 3 heteroatoms. The lowest BCUT2D eigenvalue weighted by molar-refractivity contribution is 0.236. The second kappa shape index (κ2) is 8.18. The Balaban J connectivity index is 2.64. The van der Waals surface area contributed by atoms with Gasteiger partial charge in [0.2, 0.25) is 0 Å². The van der Waals surface area contributed by atoms with E-state index in [0.717, 1.165) is 44.1 Å². The molecule has 0 amide bonds. The van der Waals surface area contributed by atoms with E-state index in [1.54, 1.807) is 0 Å². The van der Waals surface area contributed by atoms with Crippen LogP contribution in [0.15, 0.2) is 23.1 Å². The van der Waals surface area contributed by atoms with Gasteiger partial charge in [-0.25, -0.2) is 0 Å². The Morgan fingerprint density at radius 2 is 2.21 bits per heavy atom. The second-order valence-electron chi connectivity index (χ2n) is 5.28. The highest BCUT2D eigenvalue weighted by Crippen LogP contribution is 2.18. The van der Waals surface area contributed by atoms with E-state index in [2.05, 4.69) is 43.6 Å². The SMILES string of the molecule is C=CCN(Cc1cc(CNCCC)oc1C)C(C)C. The fourth-order valence-electron chi connectivity index (χ4n) is 2.06. The van der Waals surface area contributed by atoms with Gasteiger partial charge in [-0.2, -0.15) is 0 Å². The molecule has 0 spiro atoms. The Hall–Kier alpha value is -1.06. The fourth-order valence-corrected chi connectivity index (χ4v) is 2.06.